The zero-order valence-corrected chi connectivity index (χ0v) is 8.62. The Morgan fingerprint density at radius 1 is 1.50 bits per heavy atom. The van der Waals surface area contributed by atoms with Crippen molar-refractivity contribution < 1.29 is 4.79 Å². The molecule has 2 nitrogen and oxygen atoms in total. The average Bonchev–Trinajstić information content (AvgIpc) is 2.19. The van der Waals surface area contributed by atoms with Gasteiger partial charge in [-0.15, -0.1) is 0 Å². The summed E-state index contributed by atoms with van der Waals surface area (Å²) in [7, 11) is 0. The number of allylic oxidation sites excluding steroid dienone is 4. The molecule has 2 unspecified atom stereocenters. The van der Waals surface area contributed by atoms with E-state index >= 15 is 0 Å². The second kappa shape index (κ2) is 3.60. The van der Waals surface area contributed by atoms with Gasteiger partial charge in [0.05, 0.1) is 0 Å². The van der Waals surface area contributed by atoms with Crippen LogP contribution in [-0.4, -0.2) is 12.5 Å². The molecule has 1 N–H and O–H groups in total. The highest BCUT2D eigenvalue weighted by molar-refractivity contribution is 5.77. The van der Waals surface area contributed by atoms with Gasteiger partial charge in [-0.05, 0) is 24.2 Å². The van der Waals surface area contributed by atoms with Gasteiger partial charge >= 0.3 is 0 Å². The lowest BCUT2D eigenvalue weighted by atomic mass is 9.68. The molecule has 1 heterocycles. The van der Waals surface area contributed by atoms with Crippen LogP contribution < -0.4 is 5.32 Å². The molecule has 76 valence electrons. The van der Waals surface area contributed by atoms with Gasteiger partial charge in [0, 0.05) is 13.0 Å². The van der Waals surface area contributed by atoms with Gasteiger partial charge in [-0.3, -0.25) is 4.79 Å². The normalized spacial score (nSPS) is 36.9. The van der Waals surface area contributed by atoms with Gasteiger partial charge in [0.15, 0.2) is 0 Å². The molecule has 1 aliphatic heterocycles. The van der Waals surface area contributed by atoms with Crippen molar-refractivity contribution in [3.63, 3.8) is 0 Å². The largest absolute Gasteiger partial charge is 0.356 e. The van der Waals surface area contributed by atoms with Crippen LogP contribution in [0.25, 0.3) is 0 Å². The summed E-state index contributed by atoms with van der Waals surface area (Å²) in [5.41, 5.74) is 0.170. The Bertz CT molecular complexity index is 293. The zero-order chi connectivity index (χ0) is 10.0. The summed E-state index contributed by atoms with van der Waals surface area (Å²) in [5, 5.41) is 2.90. The third kappa shape index (κ3) is 1.74. The van der Waals surface area contributed by atoms with E-state index in [0.717, 1.165) is 19.4 Å². The lowest BCUT2D eigenvalue weighted by Gasteiger charge is -2.39. The first-order valence-electron chi connectivity index (χ1n) is 5.31. The minimum absolute atomic E-state index is 0.170. The SMILES string of the molecule is CC1(C2C=CC=CC2)CCNC(=O)C1. The Labute approximate surface area is 85.1 Å². The van der Waals surface area contributed by atoms with Crippen LogP contribution in [-0.2, 0) is 4.79 Å². The highest BCUT2D eigenvalue weighted by Crippen LogP contribution is 2.40. The Balaban J connectivity index is 2.10. The van der Waals surface area contributed by atoms with E-state index in [4.69, 9.17) is 0 Å². The highest BCUT2D eigenvalue weighted by atomic mass is 16.1. The van der Waals surface area contributed by atoms with Crippen molar-refractivity contribution in [2.24, 2.45) is 11.3 Å². The number of nitrogens with one attached hydrogen (secondary N) is 1. The molecule has 0 spiro atoms. The fourth-order valence-electron chi connectivity index (χ4n) is 2.42. The Morgan fingerprint density at radius 3 is 3.00 bits per heavy atom. The van der Waals surface area contributed by atoms with Crippen molar-refractivity contribution in [1.29, 1.82) is 0 Å². The Morgan fingerprint density at radius 2 is 2.36 bits per heavy atom. The number of piperidine rings is 1. The van der Waals surface area contributed by atoms with Crippen molar-refractivity contribution in [3.8, 4) is 0 Å². The summed E-state index contributed by atoms with van der Waals surface area (Å²) in [6.07, 6.45) is 11.5. The van der Waals surface area contributed by atoms with E-state index in [-0.39, 0.29) is 11.3 Å². The number of carbonyl (C=O) groups is 1. The minimum atomic E-state index is 0.170. The molecule has 1 amide bonds. The smallest absolute Gasteiger partial charge is 0.220 e. The van der Waals surface area contributed by atoms with Crippen molar-refractivity contribution in [2.75, 3.05) is 6.54 Å². The molecule has 2 rings (SSSR count). The van der Waals surface area contributed by atoms with Crippen LogP contribution in [0, 0.1) is 11.3 Å². The fourth-order valence-corrected chi connectivity index (χ4v) is 2.42. The van der Waals surface area contributed by atoms with E-state index in [1.807, 2.05) is 0 Å². The van der Waals surface area contributed by atoms with Gasteiger partial charge in [0.1, 0.15) is 0 Å². The van der Waals surface area contributed by atoms with E-state index in [2.05, 4.69) is 36.5 Å². The molecule has 2 aliphatic rings. The molecule has 0 saturated carbocycles. The molecule has 2 atom stereocenters. The van der Waals surface area contributed by atoms with Crippen LogP contribution in [0.3, 0.4) is 0 Å². The molecule has 0 aromatic heterocycles. The monoisotopic (exact) mass is 191 g/mol. The third-order valence-electron chi connectivity index (χ3n) is 3.46. The topological polar surface area (TPSA) is 29.1 Å². The predicted molar refractivity (Wildman–Crippen MR) is 56.7 cm³/mol. The molecule has 0 radical (unpaired) electrons. The van der Waals surface area contributed by atoms with Crippen LogP contribution in [0.5, 0.6) is 0 Å². The van der Waals surface area contributed by atoms with E-state index in [9.17, 15) is 4.79 Å². The fraction of sp³-hybridized carbons (Fsp3) is 0.583. The molecule has 1 saturated heterocycles. The predicted octanol–water partition coefficient (Wildman–Crippen LogP) is 2.04. The maximum absolute atomic E-state index is 11.4. The molecular weight excluding hydrogens is 174 g/mol. The van der Waals surface area contributed by atoms with Crippen molar-refractivity contribution >= 4 is 5.91 Å². The van der Waals surface area contributed by atoms with Crippen LogP contribution in [0.1, 0.15) is 26.2 Å². The molecule has 0 aromatic carbocycles. The van der Waals surface area contributed by atoms with Gasteiger partial charge in [-0.25, -0.2) is 0 Å². The lowest BCUT2D eigenvalue weighted by molar-refractivity contribution is -0.126. The van der Waals surface area contributed by atoms with Crippen LogP contribution in [0.2, 0.25) is 0 Å². The number of carbonyl (C=O) groups excluding carboxylic acids is 1. The standard InChI is InChI=1S/C12H17NO/c1-12(7-8-13-11(14)9-12)10-5-3-2-4-6-10/h2-5,10H,6-9H2,1H3,(H,13,14). The molecule has 1 aliphatic carbocycles. The van der Waals surface area contributed by atoms with E-state index < -0.39 is 0 Å². The number of hydrogen-bond acceptors (Lipinski definition) is 1. The van der Waals surface area contributed by atoms with Gasteiger partial charge in [-0.1, -0.05) is 31.2 Å². The first-order chi connectivity index (χ1) is 6.71. The Kier molecular flexibility index (Phi) is 2.44. The third-order valence-corrected chi connectivity index (χ3v) is 3.46. The molecule has 0 bridgehead atoms. The Hall–Kier alpha value is -1.05. The molecular formula is C12H17NO. The number of rotatable bonds is 1. The maximum atomic E-state index is 11.4. The summed E-state index contributed by atoms with van der Waals surface area (Å²) >= 11 is 0. The van der Waals surface area contributed by atoms with Gasteiger partial charge in [-0.2, -0.15) is 0 Å². The molecule has 1 fully saturated rings. The molecule has 0 aromatic rings. The summed E-state index contributed by atoms with van der Waals surface area (Å²) in [6, 6.07) is 0. The second-order valence-electron chi connectivity index (χ2n) is 4.59. The summed E-state index contributed by atoms with van der Waals surface area (Å²) in [6.45, 7) is 3.07. The highest BCUT2D eigenvalue weighted by Gasteiger charge is 2.36. The van der Waals surface area contributed by atoms with Gasteiger partial charge < -0.3 is 5.32 Å². The van der Waals surface area contributed by atoms with Gasteiger partial charge in [0.25, 0.3) is 0 Å². The van der Waals surface area contributed by atoms with Crippen molar-refractivity contribution in [3.05, 3.63) is 24.3 Å². The van der Waals surface area contributed by atoms with E-state index in [1.165, 1.54) is 0 Å². The quantitative estimate of drug-likeness (QED) is 0.675. The number of hydrogen-bond donors (Lipinski definition) is 1. The molecule has 2 heteroatoms. The minimum Gasteiger partial charge on any atom is -0.356 e. The molecule has 14 heavy (non-hydrogen) atoms. The summed E-state index contributed by atoms with van der Waals surface area (Å²) < 4.78 is 0. The lowest BCUT2D eigenvalue weighted by Crippen LogP contribution is -2.42. The van der Waals surface area contributed by atoms with Crippen LogP contribution in [0.4, 0.5) is 0 Å². The van der Waals surface area contributed by atoms with E-state index in [1.54, 1.807) is 0 Å². The average molecular weight is 191 g/mol. The van der Waals surface area contributed by atoms with Crippen LogP contribution >= 0.6 is 0 Å². The first-order valence-corrected chi connectivity index (χ1v) is 5.31. The first kappa shape index (κ1) is 9.50. The second-order valence-corrected chi connectivity index (χ2v) is 4.59. The van der Waals surface area contributed by atoms with Crippen molar-refractivity contribution in [1.82, 2.24) is 5.32 Å². The summed E-state index contributed by atoms with van der Waals surface area (Å²) in [5.74, 6) is 0.750. The van der Waals surface area contributed by atoms with E-state index in [0.29, 0.717) is 12.3 Å². The van der Waals surface area contributed by atoms with Crippen LogP contribution in [0.15, 0.2) is 24.3 Å². The maximum Gasteiger partial charge on any atom is 0.220 e. The number of amides is 1. The summed E-state index contributed by atoms with van der Waals surface area (Å²) in [4.78, 5) is 11.4. The zero-order valence-electron chi connectivity index (χ0n) is 8.62. The van der Waals surface area contributed by atoms with Crippen molar-refractivity contribution in [2.45, 2.75) is 26.2 Å². The van der Waals surface area contributed by atoms with Gasteiger partial charge in [0.2, 0.25) is 5.91 Å².